The molecule has 1 N–H and O–H groups in total. The van der Waals surface area contributed by atoms with Gasteiger partial charge in [0.15, 0.2) is 0 Å². The number of unbranched alkanes of at least 4 members (excludes halogenated alkanes) is 2. The van der Waals surface area contributed by atoms with Crippen LogP contribution in [-0.4, -0.2) is 4.98 Å². The van der Waals surface area contributed by atoms with E-state index in [1.807, 2.05) is 12.4 Å². The van der Waals surface area contributed by atoms with E-state index in [-0.39, 0.29) is 0 Å². The molecular weight excluding hydrogens is 244 g/mol. The minimum Gasteiger partial charge on any atom is -0.306 e. The molecule has 0 saturated heterocycles. The van der Waals surface area contributed by atoms with Gasteiger partial charge in [-0.15, -0.1) is 0 Å². The molecule has 1 heterocycles. The Kier molecular flexibility index (Phi) is 6.25. The monoisotopic (exact) mass is 268 g/mol. The van der Waals surface area contributed by atoms with Gasteiger partial charge in [0.25, 0.3) is 0 Å². The molecule has 0 amide bonds. The Morgan fingerprint density at radius 2 is 1.75 bits per heavy atom. The third-order valence-electron chi connectivity index (χ3n) is 3.60. The summed E-state index contributed by atoms with van der Waals surface area (Å²) < 4.78 is 0. The van der Waals surface area contributed by atoms with Crippen molar-refractivity contribution in [1.82, 2.24) is 10.3 Å². The molecule has 0 aliphatic carbocycles. The van der Waals surface area contributed by atoms with Gasteiger partial charge in [-0.05, 0) is 29.7 Å². The van der Waals surface area contributed by atoms with Crippen molar-refractivity contribution in [2.24, 2.45) is 0 Å². The van der Waals surface area contributed by atoms with Crippen LogP contribution in [0.2, 0.25) is 0 Å². The lowest BCUT2D eigenvalue weighted by Gasteiger charge is -2.19. The Balaban J connectivity index is 1.95. The first kappa shape index (κ1) is 14.7. The molecule has 2 aromatic rings. The highest BCUT2D eigenvalue weighted by Crippen LogP contribution is 2.20. The number of nitrogens with one attached hydrogen (secondary N) is 1. The zero-order valence-corrected chi connectivity index (χ0v) is 12.3. The van der Waals surface area contributed by atoms with Crippen LogP contribution in [0.25, 0.3) is 0 Å². The third-order valence-corrected chi connectivity index (χ3v) is 3.60. The fourth-order valence-electron chi connectivity index (χ4n) is 2.41. The van der Waals surface area contributed by atoms with Crippen molar-refractivity contribution in [1.29, 1.82) is 0 Å². The Hall–Kier alpha value is -1.67. The minimum atomic E-state index is 0.441. The van der Waals surface area contributed by atoms with Gasteiger partial charge in [-0.25, -0.2) is 0 Å². The highest BCUT2D eigenvalue weighted by molar-refractivity contribution is 5.19. The highest BCUT2D eigenvalue weighted by atomic mass is 14.9. The molecule has 1 atom stereocenters. The summed E-state index contributed by atoms with van der Waals surface area (Å²) in [7, 11) is 0. The Labute approximate surface area is 122 Å². The largest absolute Gasteiger partial charge is 0.306 e. The maximum absolute atomic E-state index is 4.06. The highest BCUT2D eigenvalue weighted by Gasteiger charge is 2.10. The summed E-state index contributed by atoms with van der Waals surface area (Å²) in [5.41, 5.74) is 2.68. The summed E-state index contributed by atoms with van der Waals surface area (Å²) in [6.45, 7) is 3.15. The second-order valence-electron chi connectivity index (χ2n) is 5.20. The van der Waals surface area contributed by atoms with Crippen LogP contribution in [0, 0.1) is 0 Å². The van der Waals surface area contributed by atoms with Crippen LogP contribution >= 0.6 is 0 Å². The molecule has 106 valence electrons. The third kappa shape index (κ3) is 4.78. The van der Waals surface area contributed by atoms with Crippen LogP contribution in [0.15, 0.2) is 54.9 Å². The number of rotatable bonds is 8. The average molecular weight is 268 g/mol. The number of pyridine rings is 1. The van der Waals surface area contributed by atoms with Crippen LogP contribution < -0.4 is 5.32 Å². The summed E-state index contributed by atoms with van der Waals surface area (Å²) in [4.78, 5) is 4.06. The van der Waals surface area contributed by atoms with E-state index in [9.17, 15) is 0 Å². The van der Waals surface area contributed by atoms with E-state index in [2.05, 4.69) is 59.7 Å². The average Bonchev–Trinajstić information content (AvgIpc) is 2.52. The minimum absolute atomic E-state index is 0.441. The van der Waals surface area contributed by atoms with Crippen molar-refractivity contribution in [3.8, 4) is 0 Å². The Morgan fingerprint density at radius 3 is 2.45 bits per heavy atom. The molecule has 0 radical (unpaired) electrons. The predicted octanol–water partition coefficient (Wildman–Crippen LogP) is 4.49. The molecule has 1 aromatic heterocycles. The molecule has 0 bridgehead atoms. The van der Waals surface area contributed by atoms with Crippen LogP contribution in [0.3, 0.4) is 0 Å². The van der Waals surface area contributed by atoms with Crippen molar-refractivity contribution in [3.05, 3.63) is 66.0 Å². The molecule has 2 heteroatoms. The maximum Gasteiger partial charge on any atom is 0.0323 e. The van der Waals surface area contributed by atoms with Crippen molar-refractivity contribution in [2.75, 3.05) is 0 Å². The van der Waals surface area contributed by atoms with E-state index in [1.54, 1.807) is 0 Å². The van der Waals surface area contributed by atoms with Gasteiger partial charge in [-0.2, -0.15) is 0 Å². The van der Waals surface area contributed by atoms with Crippen molar-refractivity contribution < 1.29 is 0 Å². The molecule has 0 spiro atoms. The Bertz CT molecular complexity index is 467. The van der Waals surface area contributed by atoms with Gasteiger partial charge in [0.05, 0.1) is 0 Å². The van der Waals surface area contributed by atoms with Crippen LogP contribution in [0.5, 0.6) is 0 Å². The fourth-order valence-corrected chi connectivity index (χ4v) is 2.41. The number of nitrogens with zero attached hydrogens (tertiary/aromatic N) is 1. The van der Waals surface area contributed by atoms with Crippen molar-refractivity contribution in [2.45, 2.75) is 45.2 Å². The topological polar surface area (TPSA) is 24.9 Å². The van der Waals surface area contributed by atoms with Crippen molar-refractivity contribution in [3.63, 3.8) is 0 Å². The first-order chi connectivity index (χ1) is 9.90. The SMILES string of the molecule is CCCCCC(NCc1ccncc1)c1ccccc1. The zero-order chi connectivity index (χ0) is 14.0. The van der Waals surface area contributed by atoms with Crippen LogP contribution in [0.4, 0.5) is 0 Å². The van der Waals surface area contributed by atoms with Gasteiger partial charge in [-0.1, -0.05) is 56.5 Å². The molecule has 0 fully saturated rings. The summed E-state index contributed by atoms with van der Waals surface area (Å²) in [5, 5.41) is 3.68. The normalized spacial score (nSPS) is 12.2. The van der Waals surface area contributed by atoms with E-state index in [4.69, 9.17) is 0 Å². The van der Waals surface area contributed by atoms with Crippen molar-refractivity contribution >= 4 is 0 Å². The van der Waals surface area contributed by atoms with Gasteiger partial charge < -0.3 is 5.32 Å². The molecule has 1 aromatic carbocycles. The van der Waals surface area contributed by atoms with Gasteiger partial charge >= 0.3 is 0 Å². The number of hydrogen-bond acceptors (Lipinski definition) is 2. The second kappa shape index (κ2) is 8.49. The molecule has 2 nitrogen and oxygen atoms in total. The summed E-state index contributed by atoms with van der Waals surface area (Å²) in [5.74, 6) is 0. The number of aromatic nitrogens is 1. The lowest BCUT2D eigenvalue weighted by atomic mass is 10.00. The maximum atomic E-state index is 4.06. The van der Waals surface area contributed by atoms with E-state index in [0.717, 1.165) is 6.54 Å². The second-order valence-corrected chi connectivity index (χ2v) is 5.20. The van der Waals surface area contributed by atoms with E-state index in [0.29, 0.717) is 6.04 Å². The van der Waals surface area contributed by atoms with Crippen LogP contribution in [-0.2, 0) is 6.54 Å². The Morgan fingerprint density at radius 1 is 1.00 bits per heavy atom. The molecule has 0 aliphatic heterocycles. The quantitative estimate of drug-likeness (QED) is 0.713. The zero-order valence-electron chi connectivity index (χ0n) is 12.3. The van der Waals surface area contributed by atoms with Gasteiger partial charge in [0.1, 0.15) is 0 Å². The standard InChI is InChI=1S/C18H24N2/c1-2-3-5-10-18(17-8-6-4-7-9-17)20-15-16-11-13-19-14-12-16/h4,6-9,11-14,18,20H,2-3,5,10,15H2,1H3. The molecule has 1 unspecified atom stereocenters. The molecule has 2 rings (SSSR count). The van der Waals surface area contributed by atoms with E-state index in [1.165, 1.54) is 36.8 Å². The predicted molar refractivity (Wildman–Crippen MR) is 84.4 cm³/mol. The molecule has 0 aliphatic rings. The first-order valence-electron chi connectivity index (χ1n) is 7.57. The van der Waals surface area contributed by atoms with E-state index < -0.39 is 0 Å². The molecular formula is C18H24N2. The summed E-state index contributed by atoms with van der Waals surface area (Å²) in [6, 6.07) is 15.3. The van der Waals surface area contributed by atoms with Gasteiger partial charge in [-0.3, -0.25) is 4.98 Å². The fraction of sp³-hybridized carbons (Fsp3) is 0.389. The smallest absolute Gasteiger partial charge is 0.0323 e. The number of hydrogen-bond donors (Lipinski definition) is 1. The lowest BCUT2D eigenvalue weighted by molar-refractivity contribution is 0.473. The lowest BCUT2D eigenvalue weighted by Crippen LogP contribution is -2.21. The van der Waals surface area contributed by atoms with Gasteiger partial charge in [0.2, 0.25) is 0 Å². The summed E-state index contributed by atoms with van der Waals surface area (Å²) >= 11 is 0. The molecule has 20 heavy (non-hydrogen) atoms. The molecule has 0 saturated carbocycles. The van der Waals surface area contributed by atoms with Crippen LogP contribution in [0.1, 0.15) is 49.8 Å². The summed E-state index contributed by atoms with van der Waals surface area (Å²) in [6.07, 6.45) is 8.76. The number of benzene rings is 1. The first-order valence-corrected chi connectivity index (χ1v) is 7.57. The van der Waals surface area contributed by atoms with E-state index >= 15 is 0 Å². The van der Waals surface area contributed by atoms with Gasteiger partial charge in [0, 0.05) is 25.0 Å².